The van der Waals surface area contributed by atoms with Gasteiger partial charge in [-0.1, -0.05) is 54.0 Å². The third-order valence-corrected chi connectivity index (χ3v) is 8.05. The molecular weight excluding hydrogens is 571 g/mol. The second kappa shape index (κ2) is 13.2. The maximum Gasteiger partial charge on any atom is 0.310 e. The van der Waals surface area contributed by atoms with Crippen LogP contribution in [-0.2, 0) is 27.7 Å². The Hall–Kier alpha value is -2.93. The number of aromatic nitrogens is 1. The molecule has 0 aliphatic carbocycles. The number of rotatable bonds is 10. The summed E-state index contributed by atoms with van der Waals surface area (Å²) in [6.45, 7) is 12.7. The highest BCUT2D eigenvalue weighted by molar-refractivity contribution is 9.08. The van der Waals surface area contributed by atoms with Crippen LogP contribution in [0.5, 0.6) is 5.75 Å². The zero-order valence-corrected chi connectivity index (χ0v) is 25.8. The highest BCUT2D eigenvalue weighted by Crippen LogP contribution is 2.42. The molecule has 5 nitrogen and oxygen atoms in total. The molecule has 1 aliphatic rings. The van der Waals surface area contributed by atoms with Crippen LogP contribution in [0.2, 0.25) is 0 Å². The molecule has 0 saturated carbocycles. The van der Waals surface area contributed by atoms with Crippen molar-refractivity contribution < 1.29 is 18.7 Å². The number of halogens is 2. The van der Waals surface area contributed by atoms with Gasteiger partial charge in [0.1, 0.15) is 11.6 Å². The van der Waals surface area contributed by atoms with Crippen molar-refractivity contribution in [2.24, 2.45) is 5.41 Å². The summed E-state index contributed by atoms with van der Waals surface area (Å²) in [5, 5.41) is 0.599. The van der Waals surface area contributed by atoms with Gasteiger partial charge in [-0.25, -0.2) is 4.39 Å². The first-order valence-corrected chi connectivity index (χ1v) is 15.2. The van der Waals surface area contributed by atoms with E-state index in [-0.39, 0.29) is 24.3 Å². The number of carbonyl (C=O) groups is 1. The Balaban J connectivity index is 1.66. The van der Waals surface area contributed by atoms with Crippen LogP contribution in [0, 0.1) is 18.2 Å². The zero-order chi connectivity index (χ0) is 28.9. The number of carbonyl (C=O) groups excluding carboxylic acids is 1. The lowest BCUT2D eigenvalue weighted by Crippen LogP contribution is -2.38. The van der Waals surface area contributed by atoms with Crippen LogP contribution >= 0.6 is 15.9 Å². The van der Waals surface area contributed by atoms with Gasteiger partial charge in [-0.2, -0.15) is 0 Å². The number of alkyl halides is 1. The molecule has 1 fully saturated rings. The summed E-state index contributed by atoms with van der Waals surface area (Å²) >= 11 is 3.68. The monoisotopic (exact) mass is 610 g/mol. The zero-order valence-electron chi connectivity index (χ0n) is 24.2. The van der Waals surface area contributed by atoms with Crippen LogP contribution < -0.4 is 9.64 Å². The van der Waals surface area contributed by atoms with E-state index < -0.39 is 0 Å². The van der Waals surface area contributed by atoms with Crippen molar-refractivity contribution >= 4 is 27.6 Å². The molecule has 1 aliphatic heterocycles. The number of nitrogens with zero attached hydrogens (tertiary/aromatic N) is 2. The smallest absolute Gasteiger partial charge is 0.310 e. The fourth-order valence-electron chi connectivity index (χ4n) is 5.19. The minimum atomic E-state index is -0.235. The average molecular weight is 612 g/mol. The number of aryl methyl sites for hydroxylation is 1. The molecule has 4 rings (SSSR count). The van der Waals surface area contributed by atoms with Crippen LogP contribution in [0.4, 0.5) is 10.1 Å². The molecule has 2 aromatic carbocycles. The second-order valence-electron chi connectivity index (χ2n) is 11.6. The Morgan fingerprint density at radius 1 is 1.07 bits per heavy atom. The fourth-order valence-corrected chi connectivity index (χ4v) is 5.59. The summed E-state index contributed by atoms with van der Waals surface area (Å²) in [7, 11) is 0. The van der Waals surface area contributed by atoms with Crippen LogP contribution in [0.1, 0.15) is 63.1 Å². The molecule has 7 heteroatoms. The lowest BCUT2D eigenvalue weighted by atomic mass is 9.82. The first-order valence-electron chi connectivity index (χ1n) is 14.1. The van der Waals surface area contributed by atoms with Crippen LogP contribution in [0.15, 0.2) is 48.5 Å². The number of ether oxygens (including phenoxy) is 2. The number of esters is 1. The van der Waals surface area contributed by atoms with Gasteiger partial charge in [0.15, 0.2) is 0 Å². The van der Waals surface area contributed by atoms with Gasteiger partial charge >= 0.3 is 5.97 Å². The normalized spacial score (nSPS) is 14.8. The maximum atomic E-state index is 13.2. The Labute approximate surface area is 246 Å². The molecule has 0 N–H and O–H groups in total. The Bertz CT molecular complexity index is 1300. The van der Waals surface area contributed by atoms with Crippen molar-refractivity contribution in [2.75, 3.05) is 24.6 Å². The maximum absolute atomic E-state index is 13.2. The summed E-state index contributed by atoms with van der Waals surface area (Å²) < 4.78 is 24.7. The summed E-state index contributed by atoms with van der Waals surface area (Å²) in [5.41, 5.74) is 7.23. The van der Waals surface area contributed by atoms with E-state index in [1.54, 1.807) is 12.1 Å². The van der Waals surface area contributed by atoms with Crippen LogP contribution in [0.25, 0.3) is 11.1 Å². The van der Waals surface area contributed by atoms with E-state index in [0.29, 0.717) is 23.8 Å². The summed E-state index contributed by atoms with van der Waals surface area (Å²) in [6.07, 6.45) is 2.87. The van der Waals surface area contributed by atoms with E-state index in [1.165, 1.54) is 12.1 Å². The lowest BCUT2D eigenvalue weighted by Gasteiger charge is -2.40. The summed E-state index contributed by atoms with van der Waals surface area (Å²) in [6, 6.07) is 14.6. The predicted octanol–water partition coefficient (Wildman–Crippen LogP) is 7.83. The van der Waals surface area contributed by atoms with Crippen LogP contribution in [-0.4, -0.2) is 36.8 Å². The average Bonchev–Trinajstić information content (AvgIpc) is 2.91. The SMILES string of the molecule is Cc1nc(CBr)c(-c2ccc(OCCc3ccc(F)cc3)cc2)c(N2CCC(C)(C)CC2)c1CC(=O)OC(C)C. The molecule has 2 heterocycles. The minimum absolute atomic E-state index is 0.170. The standard InChI is InChI=1S/C33H40BrFN2O3/c1-22(2)40-30(38)20-28-23(3)36-29(21-34)31(32(28)37-17-15-33(4,5)16-18-37)25-8-12-27(13-9-25)39-19-14-24-6-10-26(35)11-7-24/h6-13,22H,14-21H2,1-5H3. The van der Waals surface area contributed by atoms with Crippen molar-refractivity contribution in [3.63, 3.8) is 0 Å². The van der Waals surface area contributed by atoms with E-state index in [0.717, 1.165) is 71.0 Å². The molecule has 40 heavy (non-hydrogen) atoms. The van der Waals surface area contributed by atoms with Gasteiger partial charge in [-0.05, 0) is 74.4 Å². The first kappa shape index (κ1) is 30.0. The van der Waals surface area contributed by atoms with E-state index >= 15 is 0 Å². The van der Waals surface area contributed by atoms with Gasteiger partial charge in [-0.3, -0.25) is 9.78 Å². The Morgan fingerprint density at radius 2 is 1.73 bits per heavy atom. The minimum Gasteiger partial charge on any atom is -0.493 e. The quantitative estimate of drug-likeness (QED) is 0.173. The van der Waals surface area contributed by atoms with Crippen molar-refractivity contribution in [1.29, 1.82) is 0 Å². The van der Waals surface area contributed by atoms with Crippen molar-refractivity contribution in [1.82, 2.24) is 4.98 Å². The summed E-state index contributed by atoms with van der Waals surface area (Å²) in [4.78, 5) is 20.3. The van der Waals surface area contributed by atoms with Gasteiger partial charge in [0, 0.05) is 41.7 Å². The van der Waals surface area contributed by atoms with Crippen molar-refractivity contribution in [3.05, 3.63) is 76.9 Å². The molecule has 1 saturated heterocycles. The predicted molar refractivity (Wildman–Crippen MR) is 163 cm³/mol. The first-order chi connectivity index (χ1) is 19.1. The third-order valence-electron chi connectivity index (χ3n) is 7.51. The van der Waals surface area contributed by atoms with Crippen LogP contribution in [0.3, 0.4) is 0 Å². The highest BCUT2D eigenvalue weighted by Gasteiger charge is 2.31. The molecule has 214 valence electrons. The highest BCUT2D eigenvalue weighted by atomic mass is 79.9. The number of hydrogen-bond acceptors (Lipinski definition) is 5. The number of piperidine rings is 1. The Morgan fingerprint density at radius 3 is 2.33 bits per heavy atom. The molecule has 0 spiro atoms. The van der Waals surface area contributed by atoms with E-state index in [4.69, 9.17) is 14.5 Å². The van der Waals surface area contributed by atoms with Gasteiger partial charge in [0.05, 0.1) is 30.5 Å². The van der Waals surface area contributed by atoms with Gasteiger partial charge < -0.3 is 14.4 Å². The number of benzene rings is 2. The van der Waals surface area contributed by atoms with E-state index in [9.17, 15) is 9.18 Å². The molecule has 0 bridgehead atoms. The summed E-state index contributed by atoms with van der Waals surface area (Å²) in [5.74, 6) is 0.301. The van der Waals surface area contributed by atoms with Gasteiger partial charge in [-0.15, -0.1) is 0 Å². The lowest BCUT2D eigenvalue weighted by molar-refractivity contribution is -0.146. The fraction of sp³-hybridized carbons (Fsp3) is 0.455. The molecular formula is C33H40BrFN2O3. The molecule has 0 unspecified atom stereocenters. The largest absolute Gasteiger partial charge is 0.493 e. The molecule has 1 aromatic heterocycles. The topological polar surface area (TPSA) is 51.7 Å². The second-order valence-corrected chi connectivity index (χ2v) is 12.2. The van der Waals surface area contributed by atoms with Crippen molar-refractivity contribution in [3.8, 4) is 16.9 Å². The Kier molecular flexibility index (Phi) is 9.88. The molecule has 3 aromatic rings. The van der Waals surface area contributed by atoms with Gasteiger partial charge in [0.2, 0.25) is 0 Å². The number of pyridine rings is 1. The van der Waals surface area contributed by atoms with Gasteiger partial charge in [0.25, 0.3) is 0 Å². The number of hydrogen-bond donors (Lipinski definition) is 0. The van der Waals surface area contributed by atoms with Crippen molar-refractivity contribution in [2.45, 2.75) is 71.7 Å². The third kappa shape index (κ3) is 7.62. The molecule has 0 radical (unpaired) electrons. The van der Waals surface area contributed by atoms with E-state index in [1.807, 2.05) is 32.9 Å². The number of anilines is 1. The molecule has 0 atom stereocenters. The van der Waals surface area contributed by atoms with E-state index in [2.05, 4.69) is 46.8 Å². The molecule has 0 amide bonds.